The van der Waals surface area contributed by atoms with E-state index in [1.54, 1.807) is 29.2 Å². The number of benzene rings is 1. The fourth-order valence-corrected chi connectivity index (χ4v) is 3.05. The lowest BCUT2D eigenvalue weighted by Crippen LogP contribution is -2.29. The first-order chi connectivity index (χ1) is 13.0. The first kappa shape index (κ1) is 18.7. The van der Waals surface area contributed by atoms with Gasteiger partial charge in [0.2, 0.25) is 0 Å². The van der Waals surface area contributed by atoms with Crippen LogP contribution in [0.15, 0.2) is 30.5 Å². The molecule has 0 saturated carbocycles. The number of pyridine rings is 1. The van der Waals surface area contributed by atoms with Crippen LogP contribution in [0, 0.1) is 6.92 Å². The largest absolute Gasteiger partial charge is 0.493 e. The predicted octanol–water partition coefficient (Wildman–Crippen LogP) is 2.90. The van der Waals surface area contributed by atoms with Crippen molar-refractivity contribution >= 4 is 17.5 Å². The molecule has 1 aromatic carbocycles. The average molecular weight is 369 g/mol. The van der Waals surface area contributed by atoms with Gasteiger partial charge >= 0.3 is 0 Å². The lowest BCUT2D eigenvalue weighted by Gasteiger charge is -2.20. The second-order valence-corrected chi connectivity index (χ2v) is 6.39. The maximum absolute atomic E-state index is 13.0. The molecule has 1 aromatic heterocycles. The highest BCUT2D eigenvalue weighted by molar-refractivity contribution is 6.09. The molecule has 27 heavy (non-hydrogen) atoms. The lowest BCUT2D eigenvalue weighted by molar-refractivity contribution is 0.0793. The summed E-state index contributed by atoms with van der Waals surface area (Å²) < 4.78 is 10.7. The molecule has 1 saturated heterocycles. The number of nitrogens with one attached hydrogen (secondary N) is 1. The van der Waals surface area contributed by atoms with Crippen molar-refractivity contribution in [3.8, 4) is 11.5 Å². The van der Waals surface area contributed by atoms with Crippen molar-refractivity contribution < 1.29 is 19.1 Å². The molecule has 1 aliphatic rings. The Kier molecular flexibility index (Phi) is 5.59. The van der Waals surface area contributed by atoms with Gasteiger partial charge in [-0.05, 0) is 38.0 Å². The molecule has 0 atom stereocenters. The summed E-state index contributed by atoms with van der Waals surface area (Å²) in [6, 6.07) is 6.68. The third-order valence-corrected chi connectivity index (χ3v) is 4.57. The maximum atomic E-state index is 13.0. The number of amides is 2. The van der Waals surface area contributed by atoms with Gasteiger partial charge in [0.1, 0.15) is 0 Å². The van der Waals surface area contributed by atoms with Gasteiger partial charge in [-0.2, -0.15) is 0 Å². The lowest BCUT2D eigenvalue weighted by atomic mass is 10.1. The van der Waals surface area contributed by atoms with E-state index in [9.17, 15) is 9.59 Å². The van der Waals surface area contributed by atoms with E-state index in [1.807, 2.05) is 6.92 Å². The van der Waals surface area contributed by atoms with Gasteiger partial charge in [-0.3, -0.25) is 14.6 Å². The Morgan fingerprint density at radius 3 is 2.33 bits per heavy atom. The number of likely N-dealkylation sites (tertiary alicyclic amines) is 1. The van der Waals surface area contributed by atoms with E-state index in [0.29, 0.717) is 41.4 Å². The van der Waals surface area contributed by atoms with Crippen molar-refractivity contribution in [3.63, 3.8) is 0 Å². The number of carbonyl (C=O) groups is 2. The molecule has 0 bridgehead atoms. The van der Waals surface area contributed by atoms with E-state index < -0.39 is 0 Å². The summed E-state index contributed by atoms with van der Waals surface area (Å²) in [5.74, 6) is 0.402. The van der Waals surface area contributed by atoms with Gasteiger partial charge in [0.05, 0.1) is 31.0 Å². The van der Waals surface area contributed by atoms with Crippen LogP contribution < -0.4 is 14.8 Å². The van der Waals surface area contributed by atoms with Gasteiger partial charge in [-0.1, -0.05) is 0 Å². The SMILES string of the molecule is COc1cc(NC(=O)c2ccc(C)nc2)c(C(=O)N2CCCC2)cc1OC. The smallest absolute Gasteiger partial charge is 0.257 e. The van der Waals surface area contributed by atoms with Crippen molar-refractivity contribution in [1.82, 2.24) is 9.88 Å². The molecule has 0 aliphatic carbocycles. The number of methoxy groups -OCH3 is 2. The van der Waals surface area contributed by atoms with Crippen LogP contribution in [0.2, 0.25) is 0 Å². The van der Waals surface area contributed by atoms with Gasteiger partial charge in [-0.15, -0.1) is 0 Å². The summed E-state index contributed by atoms with van der Waals surface area (Å²) in [4.78, 5) is 31.5. The van der Waals surface area contributed by atoms with Crippen molar-refractivity contribution in [3.05, 3.63) is 47.3 Å². The molecule has 0 spiro atoms. The highest BCUT2D eigenvalue weighted by atomic mass is 16.5. The van der Waals surface area contributed by atoms with E-state index in [-0.39, 0.29) is 11.8 Å². The highest BCUT2D eigenvalue weighted by Crippen LogP contribution is 2.34. The van der Waals surface area contributed by atoms with E-state index in [2.05, 4.69) is 10.3 Å². The van der Waals surface area contributed by atoms with Crippen LogP contribution in [0.1, 0.15) is 39.3 Å². The van der Waals surface area contributed by atoms with Gasteiger partial charge in [0.15, 0.2) is 11.5 Å². The minimum absolute atomic E-state index is 0.134. The van der Waals surface area contributed by atoms with Crippen molar-refractivity contribution in [2.45, 2.75) is 19.8 Å². The number of rotatable bonds is 5. The van der Waals surface area contributed by atoms with Crippen molar-refractivity contribution in [2.24, 2.45) is 0 Å². The average Bonchev–Trinajstić information content (AvgIpc) is 3.22. The quantitative estimate of drug-likeness (QED) is 0.876. The molecule has 1 aliphatic heterocycles. The Morgan fingerprint density at radius 1 is 1.07 bits per heavy atom. The first-order valence-corrected chi connectivity index (χ1v) is 8.82. The summed E-state index contributed by atoms with van der Waals surface area (Å²) in [5.41, 5.74) is 2.00. The Morgan fingerprint density at radius 2 is 1.74 bits per heavy atom. The molecule has 2 aromatic rings. The maximum Gasteiger partial charge on any atom is 0.257 e. The molecule has 0 unspecified atom stereocenters. The van der Waals surface area contributed by atoms with Crippen LogP contribution in [0.3, 0.4) is 0 Å². The fraction of sp³-hybridized carbons (Fsp3) is 0.350. The second-order valence-electron chi connectivity index (χ2n) is 6.39. The van der Waals surface area contributed by atoms with Gasteiger partial charge in [0, 0.05) is 31.0 Å². The molecule has 2 heterocycles. The van der Waals surface area contributed by atoms with Crippen molar-refractivity contribution in [1.29, 1.82) is 0 Å². The number of anilines is 1. The number of hydrogen-bond donors (Lipinski definition) is 1. The van der Waals surface area contributed by atoms with Gasteiger partial charge < -0.3 is 19.7 Å². The summed E-state index contributed by atoms with van der Waals surface area (Å²) in [5, 5.41) is 2.81. The summed E-state index contributed by atoms with van der Waals surface area (Å²) in [6.45, 7) is 3.27. The third kappa shape index (κ3) is 4.02. The molecule has 2 amide bonds. The molecule has 0 radical (unpaired) electrons. The molecule has 7 nitrogen and oxygen atoms in total. The van der Waals surface area contributed by atoms with Gasteiger partial charge in [0.25, 0.3) is 11.8 Å². The zero-order valence-corrected chi connectivity index (χ0v) is 15.7. The van der Waals surface area contributed by atoms with Crippen LogP contribution in [0.4, 0.5) is 5.69 Å². The number of carbonyl (C=O) groups excluding carboxylic acids is 2. The van der Waals surface area contributed by atoms with E-state index in [0.717, 1.165) is 18.5 Å². The number of aromatic nitrogens is 1. The van der Waals surface area contributed by atoms with Crippen LogP contribution in [0.25, 0.3) is 0 Å². The molecule has 1 fully saturated rings. The summed E-state index contributed by atoms with van der Waals surface area (Å²) >= 11 is 0. The summed E-state index contributed by atoms with van der Waals surface area (Å²) in [6.07, 6.45) is 3.47. The van der Waals surface area contributed by atoms with E-state index in [1.165, 1.54) is 20.4 Å². The van der Waals surface area contributed by atoms with Crippen LogP contribution >= 0.6 is 0 Å². The Balaban J connectivity index is 1.96. The number of nitrogens with zero attached hydrogens (tertiary/aromatic N) is 2. The molecular weight excluding hydrogens is 346 g/mol. The van der Waals surface area contributed by atoms with Crippen LogP contribution in [-0.2, 0) is 0 Å². The Labute approximate surface area is 158 Å². The minimum atomic E-state index is -0.342. The Bertz CT molecular complexity index is 843. The minimum Gasteiger partial charge on any atom is -0.493 e. The monoisotopic (exact) mass is 369 g/mol. The number of ether oxygens (including phenoxy) is 2. The molecule has 7 heteroatoms. The summed E-state index contributed by atoms with van der Waals surface area (Å²) in [7, 11) is 3.02. The molecule has 142 valence electrons. The van der Waals surface area contributed by atoms with Crippen LogP contribution in [-0.4, -0.2) is 49.0 Å². The van der Waals surface area contributed by atoms with Crippen molar-refractivity contribution in [2.75, 3.05) is 32.6 Å². The topological polar surface area (TPSA) is 80.8 Å². The molecule has 1 N–H and O–H groups in total. The second kappa shape index (κ2) is 8.07. The highest BCUT2D eigenvalue weighted by Gasteiger charge is 2.25. The predicted molar refractivity (Wildman–Crippen MR) is 102 cm³/mol. The standard InChI is InChI=1S/C20H23N3O4/c1-13-6-7-14(12-21-13)19(24)22-16-11-18(27-3)17(26-2)10-15(16)20(25)23-8-4-5-9-23/h6-7,10-12H,4-5,8-9H2,1-3H3,(H,22,24). The molecular formula is C20H23N3O4. The first-order valence-electron chi connectivity index (χ1n) is 8.82. The third-order valence-electron chi connectivity index (χ3n) is 4.57. The van der Waals surface area contributed by atoms with Gasteiger partial charge in [-0.25, -0.2) is 0 Å². The normalized spacial score (nSPS) is 13.4. The van der Waals surface area contributed by atoms with E-state index >= 15 is 0 Å². The zero-order valence-electron chi connectivity index (χ0n) is 15.7. The van der Waals surface area contributed by atoms with Crippen LogP contribution in [0.5, 0.6) is 11.5 Å². The van der Waals surface area contributed by atoms with E-state index in [4.69, 9.17) is 9.47 Å². The molecule has 3 rings (SSSR count). The zero-order chi connectivity index (χ0) is 19.4. The number of hydrogen-bond acceptors (Lipinski definition) is 5. The fourth-order valence-electron chi connectivity index (χ4n) is 3.05. The Hall–Kier alpha value is -3.09. The number of aryl methyl sites for hydroxylation is 1.